The van der Waals surface area contributed by atoms with Crippen LogP contribution in [0.15, 0.2) is 37.4 Å². The average molecular weight is 603 g/mol. The highest BCUT2D eigenvalue weighted by atomic mass is 16.5. The van der Waals surface area contributed by atoms with Crippen LogP contribution in [-0.2, 0) is 36.0 Å². The van der Waals surface area contributed by atoms with Gasteiger partial charge in [-0.3, -0.25) is 0 Å². The molecule has 0 fully saturated rings. The van der Waals surface area contributed by atoms with Crippen molar-refractivity contribution in [2.75, 3.05) is 13.2 Å². The van der Waals surface area contributed by atoms with Crippen LogP contribution in [0.5, 0.6) is 0 Å². The predicted octanol–water partition coefficient (Wildman–Crippen LogP) is 9.53. The van der Waals surface area contributed by atoms with E-state index in [1.165, 1.54) is 128 Å². The van der Waals surface area contributed by atoms with Crippen LogP contribution in [0.4, 0.5) is 0 Å². The van der Waals surface area contributed by atoms with Gasteiger partial charge in [0.1, 0.15) is 24.8 Å². The molecule has 0 saturated carbocycles. The van der Waals surface area contributed by atoms with Gasteiger partial charge >= 0.3 is 0 Å². The normalized spacial score (nSPS) is 11.6. The fourth-order valence-electron chi connectivity index (χ4n) is 5.78. The number of aryl methyl sites for hydroxylation is 2. The number of hydrogen-bond donors (Lipinski definition) is 0. The van der Waals surface area contributed by atoms with Crippen LogP contribution in [0, 0.1) is 0 Å². The maximum absolute atomic E-state index is 5.90. The van der Waals surface area contributed by atoms with Crippen LogP contribution in [-0.4, -0.2) is 22.3 Å². The standard InChI is InChI=1S/C37H70N4O2/c1-3-5-7-9-11-13-15-17-19-22-26-38-28-30-40(34-38)36-42-32-24-21-25-33-43-37-41-31-29-39(35-41)27-23-20-18-16-14-12-10-8-6-4-2/h28-31,34-35H,3-27,32-33,36-37H2,1-2H3/q+2. The zero-order chi connectivity index (χ0) is 30.5. The van der Waals surface area contributed by atoms with E-state index in [1.54, 1.807) is 0 Å². The van der Waals surface area contributed by atoms with Crippen molar-refractivity contribution >= 4 is 0 Å². The fraction of sp³-hybridized carbons (Fsp3) is 0.838. The molecule has 0 aliphatic rings. The lowest BCUT2D eigenvalue weighted by atomic mass is 10.1. The molecular formula is C37H70N4O2+2. The van der Waals surface area contributed by atoms with Crippen molar-refractivity contribution in [2.45, 2.75) is 188 Å². The second kappa shape index (κ2) is 27.9. The number of aromatic nitrogens is 4. The van der Waals surface area contributed by atoms with Crippen molar-refractivity contribution in [3.63, 3.8) is 0 Å². The number of rotatable bonds is 32. The van der Waals surface area contributed by atoms with Gasteiger partial charge in [-0.05, 0) is 44.9 Å². The molecule has 0 amide bonds. The Hall–Kier alpha value is -1.66. The number of ether oxygens (including phenoxy) is 2. The largest absolute Gasteiger partial charge is 0.342 e. The van der Waals surface area contributed by atoms with Crippen LogP contribution in [0.2, 0.25) is 0 Å². The van der Waals surface area contributed by atoms with E-state index in [4.69, 9.17) is 9.47 Å². The lowest BCUT2D eigenvalue weighted by molar-refractivity contribution is -0.732. The third-order valence-corrected chi connectivity index (χ3v) is 8.59. The number of unbranched alkanes of at least 4 members (excludes halogenated alkanes) is 20. The highest BCUT2D eigenvalue weighted by molar-refractivity contribution is 4.66. The highest BCUT2D eigenvalue weighted by Crippen LogP contribution is 2.12. The Morgan fingerprint density at radius 1 is 0.419 bits per heavy atom. The van der Waals surface area contributed by atoms with E-state index in [1.807, 2.05) is 0 Å². The summed E-state index contributed by atoms with van der Waals surface area (Å²) in [4.78, 5) is 0. The lowest BCUT2D eigenvalue weighted by Crippen LogP contribution is -2.33. The Morgan fingerprint density at radius 3 is 1.12 bits per heavy atom. The van der Waals surface area contributed by atoms with Gasteiger partial charge in [-0.1, -0.05) is 117 Å². The minimum absolute atomic E-state index is 0.647. The topological polar surface area (TPSA) is 36.1 Å². The molecule has 6 heteroatoms. The molecule has 2 aromatic heterocycles. The number of nitrogens with zero attached hydrogens (tertiary/aromatic N) is 4. The van der Waals surface area contributed by atoms with Gasteiger partial charge in [0.2, 0.25) is 12.7 Å². The van der Waals surface area contributed by atoms with E-state index < -0.39 is 0 Å². The summed E-state index contributed by atoms with van der Waals surface area (Å²) in [5.41, 5.74) is 0. The van der Waals surface area contributed by atoms with Crippen LogP contribution >= 0.6 is 0 Å². The molecule has 0 aliphatic heterocycles. The second-order valence-electron chi connectivity index (χ2n) is 12.8. The van der Waals surface area contributed by atoms with E-state index in [9.17, 15) is 0 Å². The Bertz CT molecular complexity index is 781. The number of hydrogen-bond acceptors (Lipinski definition) is 2. The molecule has 0 N–H and O–H groups in total. The first-order valence-corrected chi connectivity index (χ1v) is 18.6. The van der Waals surface area contributed by atoms with Gasteiger partial charge in [-0.25, -0.2) is 18.3 Å². The van der Waals surface area contributed by atoms with Crippen LogP contribution in [0.25, 0.3) is 0 Å². The molecule has 0 spiro atoms. The lowest BCUT2D eigenvalue weighted by Gasteiger charge is -2.03. The first-order valence-electron chi connectivity index (χ1n) is 18.6. The first kappa shape index (κ1) is 37.5. The third kappa shape index (κ3) is 21.6. The van der Waals surface area contributed by atoms with E-state index in [0.717, 1.165) is 45.6 Å². The van der Waals surface area contributed by atoms with Crippen LogP contribution < -0.4 is 9.13 Å². The molecule has 6 nitrogen and oxygen atoms in total. The molecule has 0 radical (unpaired) electrons. The molecule has 2 aromatic rings. The zero-order valence-corrected chi connectivity index (χ0v) is 28.6. The van der Waals surface area contributed by atoms with Crippen molar-refractivity contribution in [3.05, 3.63) is 37.4 Å². The molecule has 0 aliphatic carbocycles. The summed E-state index contributed by atoms with van der Waals surface area (Å²) in [6, 6.07) is 0. The van der Waals surface area contributed by atoms with Crippen molar-refractivity contribution in [1.82, 2.24) is 9.13 Å². The molecule has 0 aromatic carbocycles. The van der Waals surface area contributed by atoms with E-state index in [-0.39, 0.29) is 0 Å². The summed E-state index contributed by atoms with van der Waals surface area (Å²) in [7, 11) is 0. The summed E-state index contributed by atoms with van der Waals surface area (Å²) in [5.74, 6) is 0. The summed E-state index contributed by atoms with van der Waals surface area (Å²) in [5, 5.41) is 0. The maximum Gasteiger partial charge on any atom is 0.245 e. The van der Waals surface area contributed by atoms with E-state index in [0.29, 0.717) is 13.5 Å². The molecule has 0 atom stereocenters. The highest BCUT2D eigenvalue weighted by Gasteiger charge is 2.05. The minimum Gasteiger partial charge on any atom is -0.342 e. The SMILES string of the molecule is CCCCCCCCCCCCn1cc[n+](COCCCCCOC[n+]2ccn(CCCCCCCCCCCC)c2)c1. The van der Waals surface area contributed by atoms with Crippen molar-refractivity contribution in [2.24, 2.45) is 0 Å². The minimum atomic E-state index is 0.647. The Morgan fingerprint density at radius 2 is 0.744 bits per heavy atom. The van der Waals surface area contributed by atoms with Gasteiger partial charge in [0, 0.05) is 0 Å². The Labute approximate surface area is 266 Å². The van der Waals surface area contributed by atoms with Gasteiger partial charge in [-0.2, -0.15) is 0 Å². The smallest absolute Gasteiger partial charge is 0.245 e. The van der Waals surface area contributed by atoms with Gasteiger partial charge in [0.25, 0.3) is 0 Å². The van der Waals surface area contributed by atoms with E-state index >= 15 is 0 Å². The molecular weight excluding hydrogens is 532 g/mol. The molecule has 2 heterocycles. The molecule has 0 unspecified atom stereocenters. The Balaban J connectivity index is 1.34. The molecule has 0 bridgehead atoms. The van der Waals surface area contributed by atoms with E-state index in [2.05, 4.69) is 69.6 Å². The third-order valence-electron chi connectivity index (χ3n) is 8.59. The molecule has 248 valence electrons. The first-order chi connectivity index (χ1) is 21.3. The fourth-order valence-corrected chi connectivity index (χ4v) is 5.78. The van der Waals surface area contributed by atoms with Crippen molar-refractivity contribution < 1.29 is 18.6 Å². The Kier molecular flexibility index (Phi) is 24.3. The van der Waals surface area contributed by atoms with Gasteiger partial charge < -0.3 is 9.47 Å². The zero-order valence-electron chi connectivity index (χ0n) is 28.6. The molecule has 43 heavy (non-hydrogen) atoms. The van der Waals surface area contributed by atoms with Crippen molar-refractivity contribution in [3.8, 4) is 0 Å². The summed E-state index contributed by atoms with van der Waals surface area (Å²) < 4.78 is 20.7. The van der Waals surface area contributed by atoms with Crippen LogP contribution in [0.1, 0.15) is 162 Å². The van der Waals surface area contributed by atoms with Crippen LogP contribution in [0.3, 0.4) is 0 Å². The molecule has 2 rings (SSSR count). The van der Waals surface area contributed by atoms with Gasteiger partial charge in [0.05, 0.1) is 26.3 Å². The molecule has 0 saturated heterocycles. The summed E-state index contributed by atoms with van der Waals surface area (Å²) in [6.45, 7) is 9.73. The number of imidazole rings is 2. The average Bonchev–Trinajstić information content (AvgIpc) is 3.67. The maximum atomic E-state index is 5.90. The van der Waals surface area contributed by atoms with Crippen molar-refractivity contribution in [1.29, 1.82) is 0 Å². The summed E-state index contributed by atoms with van der Waals surface area (Å²) >= 11 is 0. The summed E-state index contributed by atoms with van der Waals surface area (Å²) in [6.07, 6.45) is 44.1. The quantitative estimate of drug-likeness (QED) is 0.0618. The second-order valence-corrected chi connectivity index (χ2v) is 12.8. The monoisotopic (exact) mass is 603 g/mol. The van der Waals surface area contributed by atoms with Gasteiger partial charge in [-0.15, -0.1) is 0 Å². The predicted molar refractivity (Wildman–Crippen MR) is 179 cm³/mol. The van der Waals surface area contributed by atoms with Gasteiger partial charge in [0.15, 0.2) is 13.5 Å².